The number of hydrogen-bond donors (Lipinski definition) is 6. The molecule has 19 heavy (non-hydrogen) atoms. The second kappa shape index (κ2) is 7.55. The van der Waals surface area contributed by atoms with Gasteiger partial charge >= 0.3 is 15.6 Å². The second-order valence-corrected chi connectivity index (χ2v) is 6.11. The summed E-state index contributed by atoms with van der Waals surface area (Å²) in [6.07, 6.45) is -5.85. The van der Waals surface area contributed by atoms with Gasteiger partial charge in [0.2, 0.25) is 0 Å². The van der Waals surface area contributed by atoms with Crippen LogP contribution in [0.1, 0.15) is 6.42 Å². The van der Waals surface area contributed by atoms with Crippen LogP contribution in [0.15, 0.2) is 0 Å². The third-order valence-electron chi connectivity index (χ3n) is 1.77. The minimum atomic E-state index is -5.34. The fourth-order valence-electron chi connectivity index (χ4n) is 1.01. The molecule has 114 valence electrons. The molecular weight excluding hydrogens is 310 g/mol. The average molecular weight is 324 g/mol. The van der Waals surface area contributed by atoms with Crippen LogP contribution in [0.2, 0.25) is 0 Å². The molecule has 0 aromatic rings. The number of hydrogen-bond acceptors (Lipinski definition) is 8. The van der Waals surface area contributed by atoms with Crippen LogP contribution in [0.4, 0.5) is 0 Å². The van der Waals surface area contributed by atoms with E-state index in [0.29, 0.717) is 0 Å². The third-order valence-corrected chi connectivity index (χ3v) is 3.98. The van der Waals surface area contributed by atoms with E-state index < -0.39 is 47.0 Å². The van der Waals surface area contributed by atoms with Crippen molar-refractivity contribution in [2.45, 2.75) is 24.7 Å². The van der Waals surface area contributed by atoms with Gasteiger partial charge in [0.05, 0.1) is 12.7 Å². The minimum absolute atomic E-state index is 0.243. The number of carbonyl (C=O) groups is 1. The zero-order chi connectivity index (χ0) is 15.3. The van der Waals surface area contributed by atoms with Crippen LogP contribution in [-0.2, 0) is 22.8 Å². The molecule has 0 aliphatic carbocycles. The number of rotatable bonds is 9. The van der Waals surface area contributed by atoms with Gasteiger partial charge in [0, 0.05) is 6.42 Å². The van der Waals surface area contributed by atoms with E-state index in [0.717, 1.165) is 0 Å². The maximum Gasteiger partial charge on any atom is 0.481 e. The van der Waals surface area contributed by atoms with Gasteiger partial charge in [-0.3, -0.25) is 4.52 Å². The van der Waals surface area contributed by atoms with Crippen LogP contribution in [0.5, 0.6) is 0 Å². The van der Waals surface area contributed by atoms with E-state index >= 15 is 0 Å². The molecule has 0 aromatic heterocycles. The molecule has 4 atom stereocenters. The first-order valence-electron chi connectivity index (χ1n) is 4.71. The Labute approximate surface area is 107 Å². The van der Waals surface area contributed by atoms with E-state index in [9.17, 15) is 24.1 Å². The maximum atomic E-state index is 11.1. The molecule has 0 heterocycles. The Morgan fingerprint density at radius 3 is 2.05 bits per heavy atom. The Hall–Kier alpha value is -0.190. The molecule has 1 unspecified atom stereocenters. The first kappa shape index (κ1) is 18.8. The number of carbonyl (C=O) groups excluding carboxylic acids is 1. The summed E-state index contributed by atoms with van der Waals surface area (Å²) in [6, 6.07) is 0. The molecule has 0 saturated carbocycles. The molecule has 0 aliphatic rings. The van der Waals surface area contributed by atoms with Crippen LogP contribution >= 0.6 is 15.6 Å². The number of aldehydes is 1. The lowest BCUT2D eigenvalue weighted by Gasteiger charge is -2.25. The van der Waals surface area contributed by atoms with Crippen LogP contribution in [-0.4, -0.2) is 61.2 Å². The lowest BCUT2D eigenvalue weighted by atomic mass is 10.1. The van der Waals surface area contributed by atoms with Gasteiger partial charge in [-0.1, -0.05) is 0 Å². The quantitative estimate of drug-likeness (QED) is 0.201. The van der Waals surface area contributed by atoms with Gasteiger partial charge in [-0.25, -0.2) is 9.13 Å². The fourth-order valence-corrected chi connectivity index (χ4v) is 2.78. The molecule has 11 nitrogen and oxygen atoms in total. The van der Waals surface area contributed by atoms with Crippen LogP contribution in [0.3, 0.4) is 0 Å². The van der Waals surface area contributed by atoms with Crippen molar-refractivity contribution in [2.75, 3.05) is 6.61 Å². The molecule has 0 radical (unpaired) electrons. The summed E-state index contributed by atoms with van der Waals surface area (Å²) in [5.41, 5.74) is 0. The first-order valence-corrected chi connectivity index (χ1v) is 7.73. The third kappa shape index (κ3) is 7.85. The zero-order valence-corrected chi connectivity index (χ0v) is 11.1. The van der Waals surface area contributed by atoms with Crippen molar-refractivity contribution in [3.63, 3.8) is 0 Å². The van der Waals surface area contributed by atoms with Crippen molar-refractivity contribution in [3.05, 3.63) is 0 Å². The normalized spacial score (nSPS) is 20.3. The monoisotopic (exact) mass is 324 g/mol. The Bertz CT molecular complexity index is 377. The van der Waals surface area contributed by atoms with Crippen molar-refractivity contribution >= 4 is 21.9 Å². The highest BCUT2D eigenvalue weighted by atomic mass is 31.3. The lowest BCUT2D eigenvalue weighted by Crippen LogP contribution is -2.41. The molecule has 0 amide bonds. The van der Waals surface area contributed by atoms with E-state index in [4.69, 9.17) is 19.8 Å². The Balaban J connectivity index is 4.76. The smallest absolute Gasteiger partial charge is 0.394 e. The molecule has 0 spiro atoms. The van der Waals surface area contributed by atoms with Gasteiger partial charge in [-0.05, 0) is 0 Å². The molecular formula is C6H14O11P2. The standard InChI is InChI=1S/C6H14O11P2/c7-2-1-4(9)6(10)5(3-8)16-19(14,15)17-18(11,12)13/h2,4-6,8-10H,1,3H2,(H,14,15)(H2,11,12,13)/t4-,5-,6+/m1/s1. The summed E-state index contributed by atoms with van der Waals surface area (Å²) in [7, 11) is -10.6. The summed E-state index contributed by atoms with van der Waals surface area (Å²) in [4.78, 5) is 35.7. The zero-order valence-electron chi connectivity index (χ0n) is 9.34. The van der Waals surface area contributed by atoms with Crippen molar-refractivity contribution < 1.29 is 52.8 Å². The van der Waals surface area contributed by atoms with Gasteiger partial charge in [-0.15, -0.1) is 0 Å². The second-order valence-electron chi connectivity index (χ2n) is 3.33. The summed E-state index contributed by atoms with van der Waals surface area (Å²) >= 11 is 0. The highest BCUT2D eigenvalue weighted by Crippen LogP contribution is 2.58. The van der Waals surface area contributed by atoms with Gasteiger partial charge < -0.3 is 34.8 Å². The summed E-state index contributed by atoms with van der Waals surface area (Å²) in [5.74, 6) is 0. The van der Waals surface area contributed by atoms with E-state index in [-0.39, 0.29) is 6.29 Å². The van der Waals surface area contributed by atoms with E-state index in [1.54, 1.807) is 0 Å². The first-order chi connectivity index (χ1) is 8.52. The molecule has 6 N–H and O–H groups in total. The number of aliphatic hydroxyl groups excluding tert-OH is 3. The van der Waals surface area contributed by atoms with Gasteiger partial charge in [-0.2, -0.15) is 4.31 Å². The van der Waals surface area contributed by atoms with E-state index in [1.807, 2.05) is 0 Å². The van der Waals surface area contributed by atoms with E-state index in [2.05, 4.69) is 8.83 Å². The molecule has 13 heteroatoms. The molecule has 0 bridgehead atoms. The average Bonchev–Trinajstić information content (AvgIpc) is 2.22. The van der Waals surface area contributed by atoms with Crippen LogP contribution in [0.25, 0.3) is 0 Å². The number of phosphoric acid groups is 2. The number of aliphatic hydroxyl groups is 3. The predicted molar refractivity (Wildman–Crippen MR) is 57.6 cm³/mol. The molecule has 0 aliphatic heterocycles. The largest absolute Gasteiger partial charge is 0.481 e. The maximum absolute atomic E-state index is 11.1. The topological polar surface area (TPSA) is 191 Å². The SMILES string of the molecule is O=CC[C@@H](O)[C@H](O)[C@@H](CO)OP(=O)(O)OP(=O)(O)O. The molecule has 0 saturated heterocycles. The highest BCUT2D eigenvalue weighted by molar-refractivity contribution is 7.60. The lowest BCUT2D eigenvalue weighted by molar-refractivity contribution is -0.114. The van der Waals surface area contributed by atoms with Crippen molar-refractivity contribution in [1.29, 1.82) is 0 Å². The summed E-state index contributed by atoms with van der Waals surface area (Å²) < 4.78 is 29.0. The van der Waals surface area contributed by atoms with Gasteiger partial charge in [0.1, 0.15) is 18.5 Å². The molecule has 0 fully saturated rings. The Morgan fingerprint density at radius 2 is 1.68 bits per heavy atom. The van der Waals surface area contributed by atoms with Gasteiger partial charge in [0.15, 0.2) is 0 Å². The number of phosphoric ester groups is 1. The highest BCUT2D eigenvalue weighted by Gasteiger charge is 2.38. The van der Waals surface area contributed by atoms with Crippen LogP contribution < -0.4 is 0 Å². The molecule has 0 aromatic carbocycles. The summed E-state index contributed by atoms with van der Waals surface area (Å²) in [6.45, 7) is -1.08. The Kier molecular flexibility index (Phi) is 7.48. The van der Waals surface area contributed by atoms with Crippen molar-refractivity contribution in [1.82, 2.24) is 0 Å². The minimum Gasteiger partial charge on any atom is -0.394 e. The van der Waals surface area contributed by atoms with Crippen molar-refractivity contribution in [2.24, 2.45) is 0 Å². The van der Waals surface area contributed by atoms with E-state index in [1.165, 1.54) is 0 Å². The Morgan fingerprint density at radius 1 is 1.16 bits per heavy atom. The van der Waals surface area contributed by atoms with Gasteiger partial charge in [0.25, 0.3) is 0 Å². The predicted octanol–water partition coefficient (Wildman–Crippen LogP) is -2.12. The summed E-state index contributed by atoms with van der Waals surface area (Å²) in [5, 5.41) is 27.4. The fraction of sp³-hybridized carbons (Fsp3) is 0.833. The van der Waals surface area contributed by atoms with Crippen LogP contribution in [0, 0.1) is 0 Å². The van der Waals surface area contributed by atoms with Crippen molar-refractivity contribution in [3.8, 4) is 0 Å². The molecule has 0 rings (SSSR count).